The molecule has 0 N–H and O–H groups in total. The molecular weight excluding hydrogens is 474 g/mol. The van der Waals surface area contributed by atoms with Crippen molar-refractivity contribution in [1.82, 2.24) is 4.98 Å². The molecule has 1 heterocycles. The van der Waals surface area contributed by atoms with Crippen LogP contribution in [0.15, 0.2) is 52.9 Å². The average Bonchev–Trinajstić information content (AvgIpc) is 3.19. The number of carbonyl (C=O) groups excluding carboxylic acids is 1. The number of hydrogen-bond donors (Lipinski definition) is 0. The third kappa shape index (κ3) is 8.11. The SMILES string of the molecule is CCCCS(=O)CC(COc1ccc(Cl)cc1)OC(=O)CSc1nc2ccccc2s1. The Kier molecular flexibility index (Phi) is 9.64. The number of rotatable bonds is 12. The minimum Gasteiger partial charge on any atom is -0.490 e. The van der Waals surface area contributed by atoms with Crippen molar-refractivity contribution < 1.29 is 18.5 Å². The monoisotopic (exact) mass is 497 g/mol. The molecule has 2 atom stereocenters. The zero-order chi connectivity index (χ0) is 22.1. The van der Waals surface area contributed by atoms with Crippen molar-refractivity contribution in [3.63, 3.8) is 0 Å². The Labute approximate surface area is 198 Å². The molecule has 1 aromatic heterocycles. The molecule has 0 aliphatic carbocycles. The fraction of sp³-hybridized carbons (Fsp3) is 0.364. The second-order valence-electron chi connectivity index (χ2n) is 6.78. The first-order chi connectivity index (χ1) is 15.0. The topological polar surface area (TPSA) is 65.5 Å². The fourth-order valence-corrected chi connectivity index (χ4v) is 6.02. The Morgan fingerprint density at radius 3 is 2.74 bits per heavy atom. The van der Waals surface area contributed by atoms with E-state index < -0.39 is 16.9 Å². The summed E-state index contributed by atoms with van der Waals surface area (Å²) < 4.78 is 25.6. The predicted octanol–water partition coefficient (Wildman–Crippen LogP) is 5.58. The van der Waals surface area contributed by atoms with E-state index in [1.807, 2.05) is 24.3 Å². The van der Waals surface area contributed by atoms with Crippen molar-refractivity contribution in [2.45, 2.75) is 30.2 Å². The van der Waals surface area contributed by atoms with Gasteiger partial charge in [0.1, 0.15) is 18.5 Å². The van der Waals surface area contributed by atoms with Crippen LogP contribution < -0.4 is 4.74 Å². The highest BCUT2D eigenvalue weighted by molar-refractivity contribution is 8.01. The van der Waals surface area contributed by atoms with Crippen molar-refractivity contribution in [3.8, 4) is 5.75 Å². The van der Waals surface area contributed by atoms with Crippen molar-refractivity contribution in [1.29, 1.82) is 0 Å². The number of ether oxygens (including phenoxy) is 2. The summed E-state index contributed by atoms with van der Waals surface area (Å²) in [6.07, 6.45) is 1.26. The summed E-state index contributed by atoms with van der Waals surface area (Å²) in [6.45, 7) is 2.19. The Hall–Kier alpha value is -1.61. The lowest BCUT2D eigenvalue weighted by Crippen LogP contribution is -2.31. The number of aromatic nitrogens is 1. The maximum Gasteiger partial charge on any atom is 0.316 e. The first kappa shape index (κ1) is 24.0. The molecule has 0 saturated heterocycles. The lowest BCUT2D eigenvalue weighted by Gasteiger charge is -2.18. The zero-order valence-electron chi connectivity index (χ0n) is 17.1. The second-order valence-corrected chi connectivity index (χ2v) is 11.1. The molecule has 0 amide bonds. The maximum atomic E-state index is 12.5. The van der Waals surface area contributed by atoms with Crippen LogP contribution in [0.5, 0.6) is 5.75 Å². The second kappa shape index (κ2) is 12.4. The van der Waals surface area contributed by atoms with E-state index in [1.54, 1.807) is 35.6 Å². The molecule has 3 rings (SSSR count). The van der Waals surface area contributed by atoms with Gasteiger partial charge >= 0.3 is 5.97 Å². The van der Waals surface area contributed by atoms with Crippen molar-refractivity contribution in [2.75, 3.05) is 23.9 Å². The van der Waals surface area contributed by atoms with Gasteiger partial charge in [-0.15, -0.1) is 11.3 Å². The van der Waals surface area contributed by atoms with E-state index in [1.165, 1.54) is 11.8 Å². The highest BCUT2D eigenvalue weighted by atomic mass is 35.5. The smallest absolute Gasteiger partial charge is 0.316 e. The average molecular weight is 498 g/mol. The molecule has 0 saturated carbocycles. The van der Waals surface area contributed by atoms with Crippen LogP contribution >= 0.6 is 34.7 Å². The number of hydrogen-bond acceptors (Lipinski definition) is 7. The Balaban J connectivity index is 1.55. The summed E-state index contributed by atoms with van der Waals surface area (Å²) in [5.41, 5.74) is 0.920. The van der Waals surface area contributed by atoms with Gasteiger partial charge in [-0.2, -0.15) is 0 Å². The van der Waals surface area contributed by atoms with Gasteiger partial charge < -0.3 is 9.47 Å². The number of carbonyl (C=O) groups is 1. The van der Waals surface area contributed by atoms with E-state index in [2.05, 4.69) is 11.9 Å². The van der Waals surface area contributed by atoms with E-state index in [0.717, 1.165) is 27.4 Å². The van der Waals surface area contributed by atoms with Gasteiger partial charge in [0, 0.05) is 21.6 Å². The van der Waals surface area contributed by atoms with Gasteiger partial charge in [-0.25, -0.2) is 4.98 Å². The number of para-hydroxylation sites is 1. The predicted molar refractivity (Wildman–Crippen MR) is 130 cm³/mol. The summed E-state index contributed by atoms with van der Waals surface area (Å²) in [5, 5.41) is 0.614. The van der Waals surface area contributed by atoms with E-state index in [-0.39, 0.29) is 24.1 Å². The van der Waals surface area contributed by atoms with Crippen LogP contribution in [0.2, 0.25) is 5.02 Å². The van der Waals surface area contributed by atoms with Crippen LogP contribution in [0.4, 0.5) is 0 Å². The number of esters is 1. The summed E-state index contributed by atoms with van der Waals surface area (Å²) in [5.74, 6) is 1.23. The molecule has 0 spiro atoms. The molecule has 9 heteroatoms. The van der Waals surface area contributed by atoms with Gasteiger partial charge in [0.25, 0.3) is 0 Å². The molecule has 0 bridgehead atoms. The first-order valence-electron chi connectivity index (χ1n) is 9.94. The molecule has 0 fully saturated rings. The van der Waals surface area contributed by atoms with E-state index in [9.17, 15) is 9.00 Å². The maximum absolute atomic E-state index is 12.5. The quantitative estimate of drug-likeness (QED) is 0.240. The lowest BCUT2D eigenvalue weighted by atomic mass is 10.3. The number of nitrogens with zero attached hydrogens (tertiary/aromatic N) is 1. The summed E-state index contributed by atoms with van der Waals surface area (Å²) >= 11 is 8.79. The van der Waals surface area contributed by atoms with Crippen molar-refractivity contribution >= 4 is 61.7 Å². The molecule has 166 valence electrons. The van der Waals surface area contributed by atoms with Crippen LogP contribution in [0.3, 0.4) is 0 Å². The summed E-state index contributed by atoms with van der Waals surface area (Å²) in [4.78, 5) is 17.0. The highest BCUT2D eigenvalue weighted by Gasteiger charge is 2.19. The Morgan fingerprint density at radius 1 is 1.23 bits per heavy atom. The normalized spacial score (nSPS) is 13.1. The third-order valence-electron chi connectivity index (χ3n) is 4.23. The molecule has 2 aromatic carbocycles. The van der Waals surface area contributed by atoms with Crippen LogP contribution in [0.1, 0.15) is 19.8 Å². The Bertz CT molecular complexity index is 976. The van der Waals surface area contributed by atoms with Crippen molar-refractivity contribution in [2.24, 2.45) is 0 Å². The first-order valence-corrected chi connectivity index (χ1v) is 13.6. The van der Waals surface area contributed by atoms with Crippen LogP contribution in [-0.4, -0.2) is 45.1 Å². The molecule has 31 heavy (non-hydrogen) atoms. The van der Waals surface area contributed by atoms with Crippen molar-refractivity contribution in [3.05, 3.63) is 53.6 Å². The number of halogens is 1. The van der Waals surface area contributed by atoms with Gasteiger partial charge in [0.15, 0.2) is 4.34 Å². The third-order valence-corrected chi connectivity index (χ3v) is 8.13. The van der Waals surface area contributed by atoms with Gasteiger partial charge in [-0.1, -0.05) is 48.8 Å². The molecule has 0 aliphatic rings. The van der Waals surface area contributed by atoms with Gasteiger partial charge in [-0.05, 0) is 42.8 Å². The molecular formula is C22H24ClNO4S3. The highest BCUT2D eigenvalue weighted by Crippen LogP contribution is 2.29. The number of fused-ring (bicyclic) bond motifs is 1. The van der Waals surface area contributed by atoms with E-state index >= 15 is 0 Å². The summed E-state index contributed by atoms with van der Waals surface area (Å²) in [6, 6.07) is 14.8. The van der Waals surface area contributed by atoms with Crippen LogP contribution in [0.25, 0.3) is 10.2 Å². The standard InChI is InChI=1S/C22H24ClNO4S3/c1-2-3-12-31(26)15-18(13-27-17-10-8-16(23)9-11-17)28-21(25)14-29-22-24-19-6-4-5-7-20(19)30-22/h4-11,18H,2-3,12-15H2,1H3. The minimum atomic E-state index is -1.07. The van der Waals surface area contributed by atoms with Crippen LogP contribution in [0, 0.1) is 0 Å². The number of thioether (sulfide) groups is 1. The number of thiazole rings is 1. The van der Waals surface area contributed by atoms with Crippen LogP contribution in [-0.2, 0) is 20.3 Å². The molecule has 0 aliphatic heterocycles. The molecule has 3 aromatic rings. The van der Waals surface area contributed by atoms with E-state index in [4.69, 9.17) is 21.1 Å². The molecule has 2 unspecified atom stereocenters. The Morgan fingerprint density at radius 2 is 2.00 bits per heavy atom. The molecule has 5 nitrogen and oxygen atoms in total. The van der Waals surface area contributed by atoms with Gasteiger partial charge in [0.05, 0.1) is 21.7 Å². The fourth-order valence-electron chi connectivity index (χ4n) is 2.69. The number of unbranched alkanes of at least 4 members (excludes halogenated alkanes) is 1. The molecule has 0 radical (unpaired) electrons. The van der Waals surface area contributed by atoms with Gasteiger partial charge in [0.2, 0.25) is 0 Å². The van der Waals surface area contributed by atoms with Gasteiger partial charge in [-0.3, -0.25) is 9.00 Å². The largest absolute Gasteiger partial charge is 0.490 e. The number of benzene rings is 2. The summed E-state index contributed by atoms with van der Waals surface area (Å²) in [7, 11) is -1.07. The minimum absolute atomic E-state index is 0.136. The zero-order valence-corrected chi connectivity index (χ0v) is 20.3. The lowest BCUT2D eigenvalue weighted by molar-refractivity contribution is -0.146. The van der Waals surface area contributed by atoms with E-state index in [0.29, 0.717) is 16.5 Å².